The van der Waals surface area contributed by atoms with Crippen LogP contribution in [0.2, 0.25) is 0 Å². The Balaban J connectivity index is 2.01. The predicted molar refractivity (Wildman–Crippen MR) is 77.0 cm³/mol. The summed E-state index contributed by atoms with van der Waals surface area (Å²) in [4.78, 5) is 7.24. The zero-order valence-corrected chi connectivity index (χ0v) is 11.7. The van der Waals surface area contributed by atoms with Crippen LogP contribution in [-0.2, 0) is 0 Å². The number of likely N-dealkylation sites (tertiary alicyclic amines) is 1. The number of pyridine rings is 1. The minimum absolute atomic E-state index is 0.182. The van der Waals surface area contributed by atoms with E-state index in [0.717, 1.165) is 24.3 Å². The number of nitrogens with zero attached hydrogens (tertiary/aromatic N) is 3. The Labute approximate surface area is 114 Å². The first-order valence-corrected chi connectivity index (χ1v) is 7.12. The number of hydrogen-bond donors (Lipinski definition) is 1. The van der Waals surface area contributed by atoms with Crippen LogP contribution in [0.25, 0.3) is 5.65 Å². The van der Waals surface area contributed by atoms with Gasteiger partial charge in [0.1, 0.15) is 5.65 Å². The van der Waals surface area contributed by atoms with Crippen LogP contribution in [0.1, 0.15) is 38.4 Å². The average molecular weight is 258 g/mol. The molecule has 1 aliphatic rings. The molecular weight excluding hydrogens is 236 g/mol. The zero-order chi connectivity index (χ0) is 13.4. The number of aromatic nitrogens is 2. The van der Waals surface area contributed by atoms with E-state index in [0.29, 0.717) is 6.04 Å². The maximum Gasteiger partial charge on any atom is 0.137 e. The monoisotopic (exact) mass is 258 g/mol. The van der Waals surface area contributed by atoms with Gasteiger partial charge >= 0.3 is 0 Å². The molecule has 0 radical (unpaired) electrons. The lowest BCUT2D eigenvalue weighted by molar-refractivity contribution is 0.0923. The van der Waals surface area contributed by atoms with Gasteiger partial charge in [0.15, 0.2) is 0 Å². The van der Waals surface area contributed by atoms with Gasteiger partial charge in [-0.25, -0.2) is 4.98 Å². The maximum absolute atomic E-state index is 6.37. The third-order valence-corrected chi connectivity index (χ3v) is 4.07. The number of hydrogen-bond acceptors (Lipinski definition) is 3. The van der Waals surface area contributed by atoms with Gasteiger partial charge in [-0.15, -0.1) is 0 Å². The van der Waals surface area contributed by atoms with Gasteiger partial charge in [-0.3, -0.25) is 4.90 Å². The second kappa shape index (κ2) is 4.94. The van der Waals surface area contributed by atoms with Crippen LogP contribution in [0.15, 0.2) is 30.6 Å². The molecule has 0 spiro atoms. The Morgan fingerprint density at radius 3 is 2.95 bits per heavy atom. The van der Waals surface area contributed by atoms with Crippen molar-refractivity contribution in [3.05, 3.63) is 36.3 Å². The van der Waals surface area contributed by atoms with Crippen molar-refractivity contribution >= 4 is 5.65 Å². The fourth-order valence-electron chi connectivity index (χ4n) is 3.12. The number of fused-ring (bicyclic) bond motifs is 1. The standard InChI is InChI=1S/C15H22N4/c1-11(2)19-9-5-6-12(16)15(19)13-10-18-8-4-3-7-14(18)17-13/h3-4,7-8,10-12,15H,5-6,9,16H2,1-2H3. The fourth-order valence-corrected chi connectivity index (χ4v) is 3.12. The molecule has 0 saturated carbocycles. The maximum atomic E-state index is 6.37. The molecule has 3 heterocycles. The summed E-state index contributed by atoms with van der Waals surface area (Å²) in [5.41, 5.74) is 8.47. The van der Waals surface area contributed by atoms with E-state index in [-0.39, 0.29) is 12.1 Å². The van der Waals surface area contributed by atoms with Gasteiger partial charge in [-0.2, -0.15) is 0 Å². The summed E-state index contributed by atoms with van der Waals surface area (Å²) < 4.78 is 2.08. The Morgan fingerprint density at radius 2 is 2.21 bits per heavy atom. The van der Waals surface area contributed by atoms with Crippen LogP contribution in [-0.4, -0.2) is 32.9 Å². The Morgan fingerprint density at radius 1 is 1.37 bits per heavy atom. The molecule has 0 bridgehead atoms. The lowest BCUT2D eigenvalue weighted by atomic mass is 9.93. The van der Waals surface area contributed by atoms with Crippen LogP contribution < -0.4 is 5.73 Å². The Hall–Kier alpha value is -1.39. The van der Waals surface area contributed by atoms with Gasteiger partial charge in [0.2, 0.25) is 0 Å². The summed E-state index contributed by atoms with van der Waals surface area (Å²) in [7, 11) is 0. The highest BCUT2D eigenvalue weighted by Gasteiger charge is 2.33. The van der Waals surface area contributed by atoms with Gasteiger partial charge in [0, 0.05) is 24.5 Å². The van der Waals surface area contributed by atoms with Crippen molar-refractivity contribution in [2.45, 2.75) is 44.8 Å². The average Bonchev–Trinajstić information content (AvgIpc) is 2.81. The highest BCUT2D eigenvalue weighted by atomic mass is 15.2. The second-order valence-corrected chi connectivity index (χ2v) is 5.71. The van der Waals surface area contributed by atoms with Crippen molar-refractivity contribution < 1.29 is 0 Å². The molecular formula is C15H22N4. The molecule has 19 heavy (non-hydrogen) atoms. The van der Waals surface area contributed by atoms with E-state index in [1.807, 2.05) is 24.4 Å². The lowest BCUT2D eigenvalue weighted by Gasteiger charge is -2.41. The predicted octanol–water partition coefficient (Wildman–Crippen LogP) is 2.21. The van der Waals surface area contributed by atoms with E-state index in [2.05, 4.69) is 29.3 Å². The molecule has 1 saturated heterocycles. The topological polar surface area (TPSA) is 46.6 Å². The molecule has 1 fully saturated rings. The summed E-state index contributed by atoms with van der Waals surface area (Å²) in [6, 6.07) is 7.01. The highest BCUT2D eigenvalue weighted by Crippen LogP contribution is 2.31. The van der Waals surface area contributed by atoms with Crippen molar-refractivity contribution in [3.8, 4) is 0 Å². The van der Waals surface area contributed by atoms with Crippen molar-refractivity contribution in [2.24, 2.45) is 5.73 Å². The molecule has 2 aromatic heterocycles. The minimum Gasteiger partial charge on any atom is -0.326 e. The molecule has 102 valence electrons. The van der Waals surface area contributed by atoms with E-state index in [1.165, 1.54) is 6.42 Å². The van der Waals surface area contributed by atoms with E-state index in [1.54, 1.807) is 0 Å². The van der Waals surface area contributed by atoms with Crippen LogP contribution in [0.4, 0.5) is 0 Å². The molecule has 2 aromatic rings. The SMILES string of the molecule is CC(C)N1CCCC(N)C1c1cn2ccccc2n1. The number of piperidine rings is 1. The quantitative estimate of drug-likeness (QED) is 0.898. The largest absolute Gasteiger partial charge is 0.326 e. The zero-order valence-electron chi connectivity index (χ0n) is 11.7. The van der Waals surface area contributed by atoms with Gasteiger partial charge in [0.25, 0.3) is 0 Å². The first-order valence-electron chi connectivity index (χ1n) is 7.12. The molecule has 2 atom stereocenters. The molecule has 1 aliphatic heterocycles. The van der Waals surface area contributed by atoms with Gasteiger partial charge in [-0.1, -0.05) is 6.07 Å². The third-order valence-electron chi connectivity index (χ3n) is 4.07. The normalized spacial score (nSPS) is 25.3. The first-order chi connectivity index (χ1) is 9.16. The second-order valence-electron chi connectivity index (χ2n) is 5.71. The van der Waals surface area contributed by atoms with Gasteiger partial charge in [-0.05, 0) is 45.4 Å². The molecule has 2 unspecified atom stereocenters. The van der Waals surface area contributed by atoms with Crippen molar-refractivity contribution in [2.75, 3.05) is 6.54 Å². The van der Waals surface area contributed by atoms with Gasteiger partial charge < -0.3 is 10.1 Å². The first kappa shape index (κ1) is 12.6. The molecule has 0 aliphatic carbocycles. The number of imidazole rings is 1. The fraction of sp³-hybridized carbons (Fsp3) is 0.533. The summed E-state index contributed by atoms with van der Waals surface area (Å²) in [6.45, 7) is 5.59. The van der Waals surface area contributed by atoms with E-state index in [4.69, 9.17) is 10.7 Å². The Bertz CT molecular complexity index is 527. The van der Waals surface area contributed by atoms with Crippen molar-refractivity contribution in [1.82, 2.24) is 14.3 Å². The van der Waals surface area contributed by atoms with E-state index < -0.39 is 0 Å². The molecule has 0 aromatic carbocycles. The molecule has 2 N–H and O–H groups in total. The lowest BCUT2D eigenvalue weighted by Crippen LogP contribution is -2.48. The van der Waals surface area contributed by atoms with Crippen LogP contribution in [0.5, 0.6) is 0 Å². The van der Waals surface area contributed by atoms with Gasteiger partial charge in [0.05, 0.1) is 11.7 Å². The van der Waals surface area contributed by atoms with Crippen LogP contribution in [0, 0.1) is 0 Å². The summed E-state index contributed by atoms with van der Waals surface area (Å²) in [5.74, 6) is 0. The number of rotatable bonds is 2. The highest BCUT2D eigenvalue weighted by molar-refractivity contribution is 5.40. The smallest absolute Gasteiger partial charge is 0.137 e. The van der Waals surface area contributed by atoms with Crippen LogP contribution in [0.3, 0.4) is 0 Å². The third kappa shape index (κ3) is 2.26. The molecule has 0 amide bonds. The van der Waals surface area contributed by atoms with E-state index in [9.17, 15) is 0 Å². The molecule has 4 heteroatoms. The summed E-state index contributed by atoms with van der Waals surface area (Å²) in [6.07, 6.45) is 6.44. The van der Waals surface area contributed by atoms with Crippen molar-refractivity contribution in [3.63, 3.8) is 0 Å². The Kier molecular flexibility index (Phi) is 3.29. The van der Waals surface area contributed by atoms with Crippen molar-refractivity contribution in [1.29, 1.82) is 0 Å². The minimum atomic E-state index is 0.182. The molecule has 3 rings (SSSR count). The van der Waals surface area contributed by atoms with Crippen LogP contribution >= 0.6 is 0 Å². The van der Waals surface area contributed by atoms with E-state index >= 15 is 0 Å². The number of nitrogens with two attached hydrogens (primary N) is 1. The summed E-state index contributed by atoms with van der Waals surface area (Å²) in [5, 5.41) is 0. The summed E-state index contributed by atoms with van der Waals surface area (Å²) >= 11 is 0. The molecule has 4 nitrogen and oxygen atoms in total.